The van der Waals surface area contributed by atoms with Crippen molar-refractivity contribution < 1.29 is 9.53 Å². The Morgan fingerprint density at radius 1 is 0.923 bits per heavy atom. The molecule has 4 aromatic rings. The molecule has 202 valence electrons. The summed E-state index contributed by atoms with van der Waals surface area (Å²) in [5.41, 5.74) is 11.2. The van der Waals surface area contributed by atoms with Gasteiger partial charge in [0.25, 0.3) is 0 Å². The second-order valence-electron chi connectivity index (χ2n) is 10.5. The van der Waals surface area contributed by atoms with Crippen molar-refractivity contribution in [2.75, 3.05) is 27.9 Å². The number of hydrogen-bond donors (Lipinski definition) is 2. The molecule has 0 aliphatic rings. The van der Waals surface area contributed by atoms with Gasteiger partial charge in [-0.3, -0.25) is 4.90 Å². The van der Waals surface area contributed by atoms with Crippen molar-refractivity contribution in [1.29, 1.82) is 0 Å². The molecule has 3 aromatic carbocycles. The van der Waals surface area contributed by atoms with Crippen LogP contribution >= 0.6 is 0 Å². The van der Waals surface area contributed by atoms with Gasteiger partial charge >= 0.3 is 6.09 Å². The number of aromatic nitrogens is 2. The van der Waals surface area contributed by atoms with E-state index in [1.165, 1.54) is 11.2 Å². The van der Waals surface area contributed by atoms with E-state index in [4.69, 9.17) is 10.5 Å². The third-order valence-electron chi connectivity index (χ3n) is 6.10. The van der Waals surface area contributed by atoms with E-state index in [9.17, 15) is 4.79 Å². The molecule has 8 nitrogen and oxygen atoms in total. The lowest BCUT2D eigenvalue weighted by Crippen LogP contribution is -2.34. The number of carbonyl (C=O) groups is 1. The van der Waals surface area contributed by atoms with Gasteiger partial charge in [0.15, 0.2) is 11.6 Å². The van der Waals surface area contributed by atoms with Gasteiger partial charge in [-0.2, -0.15) is 0 Å². The Balaban J connectivity index is 1.62. The van der Waals surface area contributed by atoms with Crippen LogP contribution in [-0.4, -0.2) is 28.7 Å². The van der Waals surface area contributed by atoms with E-state index in [1.807, 2.05) is 82.3 Å². The number of benzene rings is 3. The molecule has 0 atom stereocenters. The van der Waals surface area contributed by atoms with Gasteiger partial charge in [-0.25, -0.2) is 14.8 Å². The van der Waals surface area contributed by atoms with E-state index in [0.717, 1.165) is 28.1 Å². The standard InChI is InChI=1S/C31H36N6O2/c1-22-16-17-25(18-26(22)36(5)30(38)39-31(2,3)4)35-28-27(32)29(34-21-33-28)37(19-23-12-8-6-9-13-23)20-24-14-10-7-11-15-24/h6-18,21H,19-20,32H2,1-5H3,(H,33,34,35). The van der Waals surface area contributed by atoms with E-state index in [1.54, 1.807) is 7.05 Å². The molecule has 0 saturated carbocycles. The summed E-state index contributed by atoms with van der Waals surface area (Å²) < 4.78 is 5.55. The lowest BCUT2D eigenvalue weighted by atomic mass is 10.1. The average molecular weight is 525 g/mol. The van der Waals surface area contributed by atoms with E-state index >= 15 is 0 Å². The minimum atomic E-state index is -0.591. The van der Waals surface area contributed by atoms with Crippen molar-refractivity contribution in [3.05, 3.63) is 102 Å². The van der Waals surface area contributed by atoms with Crippen LogP contribution in [0.15, 0.2) is 85.2 Å². The lowest BCUT2D eigenvalue weighted by molar-refractivity contribution is 0.0589. The first-order valence-electron chi connectivity index (χ1n) is 12.9. The Morgan fingerprint density at radius 2 is 1.51 bits per heavy atom. The Labute approximate surface area is 230 Å². The molecule has 0 unspecified atom stereocenters. The molecule has 0 aliphatic heterocycles. The van der Waals surface area contributed by atoms with Crippen LogP contribution in [0.4, 0.5) is 33.5 Å². The molecule has 0 radical (unpaired) electrons. The minimum Gasteiger partial charge on any atom is -0.443 e. The molecule has 1 heterocycles. The fourth-order valence-corrected chi connectivity index (χ4v) is 4.17. The number of anilines is 5. The number of carbonyl (C=O) groups excluding carboxylic acids is 1. The summed E-state index contributed by atoms with van der Waals surface area (Å²) in [6.07, 6.45) is 1.09. The minimum absolute atomic E-state index is 0.427. The van der Waals surface area contributed by atoms with Crippen LogP contribution in [0.1, 0.15) is 37.5 Å². The van der Waals surface area contributed by atoms with E-state index in [2.05, 4.69) is 44.5 Å². The number of nitrogens with one attached hydrogen (secondary N) is 1. The maximum absolute atomic E-state index is 12.7. The van der Waals surface area contributed by atoms with Gasteiger partial charge in [-0.15, -0.1) is 0 Å². The smallest absolute Gasteiger partial charge is 0.414 e. The zero-order valence-corrected chi connectivity index (χ0v) is 23.2. The maximum atomic E-state index is 12.7. The molecule has 3 N–H and O–H groups in total. The number of amides is 1. The Kier molecular flexibility index (Phi) is 8.34. The number of nitrogens with two attached hydrogens (primary N) is 1. The highest BCUT2D eigenvalue weighted by molar-refractivity contribution is 5.89. The van der Waals surface area contributed by atoms with Gasteiger partial charge in [-0.1, -0.05) is 66.7 Å². The monoisotopic (exact) mass is 524 g/mol. The third-order valence-corrected chi connectivity index (χ3v) is 6.10. The first kappa shape index (κ1) is 27.4. The van der Waals surface area contributed by atoms with Gasteiger partial charge < -0.3 is 20.7 Å². The van der Waals surface area contributed by atoms with Gasteiger partial charge in [0.05, 0.1) is 5.69 Å². The van der Waals surface area contributed by atoms with Crippen LogP contribution in [0.2, 0.25) is 0 Å². The number of nitrogen functional groups attached to an aromatic ring is 1. The van der Waals surface area contributed by atoms with Crippen LogP contribution in [0, 0.1) is 6.92 Å². The Bertz CT molecular complexity index is 1360. The van der Waals surface area contributed by atoms with Gasteiger partial charge in [0.2, 0.25) is 0 Å². The van der Waals surface area contributed by atoms with Crippen molar-refractivity contribution >= 4 is 34.8 Å². The van der Waals surface area contributed by atoms with Gasteiger partial charge in [0, 0.05) is 25.8 Å². The molecule has 1 amide bonds. The van der Waals surface area contributed by atoms with Crippen molar-refractivity contribution in [2.24, 2.45) is 0 Å². The summed E-state index contributed by atoms with van der Waals surface area (Å²) in [6.45, 7) is 8.74. The molecule has 0 fully saturated rings. The number of aryl methyl sites for hydroxylation is 1. The predicted octanol–water partition coefficient (Wildman–Crippen LogP) is 6.69. The summed E-state index contributed by atoms with van der Waals surface area (Å²) in [4.78, 5) is 25.3. The van der Waals surface area contributed by atoms with Crippen LogP contribution in [0.3, 0.4) is 0 Å². The second kappa shape index (κ2) is 11.9. The molecule has 0 saturated heterocycles. The zero-order valence-electron chi connectivity index (χ0n) is 23.2. The molecule has 0 bridgehead atoms. The Hall–Kier alpha value is -4.59. The van der Waals surface area contributed by atoms with Crippen molar-refractivity contribution in [2.45, 2.75) is 46.4 Å². The molecule has 4 rings (SSSR count). The fraction of sp³-hybridized carbons (Fsp3) is 0.258. The molecule has 0 aliphatic carbocycles. The highest BCUT2D eigenvalue weighted by atomic mass is 16.6. The average Bonchev–Trinajstić information content (AvgIpc) is 2.90. The van der Waals surface area contributed by atoms with Crippen LogP contribution in [0.5, 0.6) is 0 Å². The van der Waals surface area contributed by atoms with E-state index in [0.29, 0.717) is 30.4 Å². The zero-order chi connectivity index (χ0) is 28.0. The molecular weight excluding hydrogens is 488 g/mol. The number of nitrogens with zero attached hydrogens (tertiary/aromatic N) is 4. The molecule has 39 heavy (non-hydrogen) atoms. The number of ether oxygens (including phenoxy) is 1. The summed E-state index contributed by atoms with van der Waals surface area (Å²) in [5.74, 6) is 1.12. The van der Waals surface area contributed by atoms with Crippen LogP contribution in [-0.2, 0) is 17.8 Å². The highest BCUT2D eigenvalue weighted by Crippen LogP contribution is 2.32. The van der Waals surface area contributed by atoms with Crippen molar-refractivity contribution in [3.8, 4) is 0 Å². The second-order valence-corrected chi connectivity index (χ2v) is 10.5. The Morgan fingerprint density at radius 3 is 2.08 bits per heavy atom. The summed E-state index contributed by atoms with van der Waals surface area (Å²) >= 11 is 0. The number of rotatable bonds is 8. The van der Waals surface area contributed by atoms with Crippen LogP contribution < -0.4 is 20.9 Å². The van der Waals surface area contributed by atoms with Gasteiger partial charge in [0.1, 0.15) is 17.6 Å². The van der Waals surface area contributed by atoms with Gasteiger partial charge in [-0.05, 0) is 56.5 Å². The predicted molar refractivity (Wildman–Crippen MR) is 158 cm³/mol. The van der Waals surface area contributed by atoms with E-state index in [-0.39, 0.29) is 0 Å². The number of hydrogen-bond acceptors (Lipinski definition) is 7. The lowest BCUT2D eigenvalue weighted by Gasteiger charge is -2.27. The summed E-state index contributed by atoms with van der Waals surface area (Å²) in [5, 5.41) is 3.32. The van der Waals surface area contributed by atoms with Crippen LogP contribution in [0.25, 0.3) is 0 Å². The van der Waals surface area contributed by atoms with Crippen molar-refractivity contribution in [1.82, 2.24) is 9.97 Å². The normalized spacial score (nSPS) is 11.1. The van der Waals surface area contributed by atoms with E-state index < -0.39 is 11.7 Å². The maximum Gasteiger partial charge on any atom is 0.414 e. The quantitative estimate of drug-likeness (QED) is 0.265. The third kappa shape index (κ3) is 7.25. The first-order valence-corrected chi connectivity index (χ1v) is 12.9. The molecule has 8 heteroatoms. The summed E-state index contributed by atoms with van der Waals surface area (Å²) in [7, 11) is 1.70. The first-order chi connectivity index (χ1) is 18.6. The largest absolute Gasteiger partial charge is 0.443 e. The molecular formula is C31H36N6O2. The SMILES string of the molecule is Cc1ccc(Nc2ncnc(N(Cc3ccccc3)Cc3ccccc3)c2N)cc1N(C)C(=O)OC(C)(C)C. The summed E-state index contributed by atoms with van der Waals surface area (Å²) in [6, 6.07) is 26.2. The molecule has 1 aromatic heterocycles. The highest BCUT2D eigenvalue weighted by Gasteiger charge is 2.22. The van der Waals surface area contributed by atoms with Crippen molar-refractivity contribution in [3.63, 3.8) is 0 Å². The topological polar surface area (TPSA) is 96.6 Å². The fourth-order valence-electron chi connectivity index (χ4n) is 4.17. The molecule has 0 spiro atoms.